The van der Waals surface area contributed by atoms with Gasteiger partial charge in [0.1, 0.15) is 0 Å². The van der Waals surface area contributed by atoms with Crippen LogP contribution in [0.5, 0.6) is 0 Å². The molecule has 0 radical (unpaired) electrons. The van der Waals surface area contributed by atoms with Gasteiger partial charge in [0.05, 0.1) is 4.92 Å². The van der Waals surface area contributed by atoms with Crippen molar-refractivity contribution in [2.75, 3.05) is 0 Å². The van der Waals surface area contributed by atoms with Gasteiger partial charge in [-0.3, -0.25) is 15.1 Å². The molecule has 0 saturated heterocycles. The summed E-state index contributed by atoms with van der Waals surface area (Å²) in [4.78, 5) is 14.6. The summed E-state index contributed by atoms with van der Waals surface area (Å²) in [5.74, 6) is 0. The van der Waals surface area contributed by atoms with Crippen LogP contribution < -0.4 is 0 Å². The predicted octanol–water partition coefficient (Wildman–Crippen LogP) is 6.13. The van der Waals surface area contributed by atoms with E-state index >= 15 is 0 Å². The molecular weight excluding hydrogens is 392 g/mol. The van der Waals surface area contributed by atoms with Crippen molar-refractivity contribution >= 4 is 17.6 Å². The molecule has 0 unspecified atom stereocenters. The van der Waals surface area contributed by atoms with Crippen LogP contribution in [0.2, 0.25) is 0 Å². The summed E-state index contributed by atoms with van der Waals surface area (Å²) >= 11 is 0. The third-order valence-corrected chi connectivity index (χ3v) is 3.89. The second kappa shape index (κ2) is 10.8. The van der Waals surface area contributed by atoms with Crippen LogP contribution >= 0.6 is 0 Å². The molecule has 140 valence electrons. The van der Waals surface area contributed by atoms with E-state index in [0.29, 0.717) is 0 Å². The topological polar surface area (TPSA) is 55.5 Å². The molecule has 4 aromatic carbocycles. The van der Waals surface area contributed by atoms with Gasteiger partial charge in [0.25, 0.3) is 5.69 Å². The number of nitrogens with zero attached hydrogens (tertiary/aromatic N) is 2. The SMILES string of the molecule is O=[N+]([O-])c1ccc(C=Nc2ccc(-[c-]3cccc3)cc2)cc1.[Fe+2].c1cc[cH-]c1. The fourth-order valence-electron chi connectivity index (χ4n) is 2.46. The number of benzene rings is 2. The minimum absolute atomic E-state index is 0. The van der Waals surface area contributed by atoms with E-state index in [4.69, 9.17) is 0 Å². The van der Waals surface area contributed by atoms with Gasteiger partial charge in [-0.15, -0.1) is 29.8 Å². The number of rotatable bonds is 4. The first kappa shape index (κ1) is 21.0. The number of non-ortho nitro benzene ring substituents is 1. The Kier molecular flexibility index (Phi) is 8.10. The van der Waals surface area contributed by atoms with E-state index in [9.17, 15) is 10.1 Å². The summed E-state index contributed by atoms with van der Waals surface area (Å²) in [6, 6.07) is 32.4. The van der Waals surface area contributed by atoms with E-state index in [1.54, 1.807) is 18.3 Å². The minimum Gasteiger partial charge on any atom is -0.258 e. The van der Waals surface area contributed by atoms with Crippen LogP contribution in [0.3, 0.4) is 0 Å². The smallest absolute Gasteiger partial charge is 0.258 e. The molecule has 0 fully saturated rings. The third-order valence-electron chi connectivity index (χ3n) is 3.89. The van der Waals surface area contributed by atoms with Crippen LogP contribution in [0.15, 0.2) is 108 Å². The maximum atomic E-state index is 10.6. The van der Waals surface area contributed by atoms with Crippen molar-refractivity contribution in [1.29, 1.82) is 0 Å². The van der Waals surface area contributed by atoms with Crippen molar-refractivity contribution in [3.63, 3.8) is 0 Å². The predicted molar refractivity (Wildman–Crippen MR) is 110 cm³/mol. The zero-order chi connectivity index (χ0) is 18.9. The van der Waals surface area contributed by atoms with Crippen molar-refractivity contribution in [1.82, 2.24) is 0 Å². The van der Waals surface area contributed by atoms with Crippen molar-refractivity contribution in [3.8, 4) is 11.1 Å². The Bertz CT molecular complexity index is 955. The summed E-state index contributed by atoms with van der Waals surface area (Å²) in [6.07, 6.45) is 1.70. The van der Waals surface area contributed by atoms with E-state index in [2.05, 4.69) is 17.1 Å². The molecule has 0 aliphatic carbocycles. The van der Waals surface area contributed by atoms with E-state index in [1.165, 1.54) is 17.7 Å². The molecule has 0 aromatic heterocycles. The molecule has 0 bridgehead atoms. The monoisotopic (exact) mass is 410 g/mol. The number of nitro groups is 1. The summed E-state index contributed by atoms with van der Waals surface area (Å²) in [6.45, 7) is 0. The average Bonchev–Trinajstić information content (AvgIpc) is 3.43. The third kappa shape index (κ3) is 6.16. The van der Waals surface area contributed by atoms with Crippen LogP contribution in [0, 0.1) is 10.1 Å². The molecule has 4 nitrogen and oxygen atoms in total. The van der Waals surface area contributed by atoms with Crippen molar-refractivity contribution < 1.29 is 22.0 Å². The molecule has 0 spiro atoms. The molecule has 0 N–H and O–H groups in total. The van der Waals surface area contributed by atoms with Gasteiger partial charge in [-0.1, -0.05) is 17.7 Å². The van der Waals surface area contributed by atoms with Crippen LogP contribution in [0.4, 0.5) is 11.4 Å². The van der Waals surface area contributed by atoms with Crippen LogP contribution in [0.25, 0.3) is 11.1 Å². The number of hydrogen-bond donors (Lipinski definition) is 0. The first-order valence-electron chi connectivity index (χ1n) is 8.50. The summed E-state index contributed by atoms with van der Waals surface area (Å²) in [5, 5.41) is 10.6. The summed E-state index contributed by atoms with van der Waals surface area (Å²) in [7, 11) is 0. The van der Waals surface area contributed by atoms with Gasteiger partial charge in [-0.25, -0.2) is 12.1 Å². The average molecular weight is 410 g/mol. The molecule has 0 saturated carbocycles. The van der Waals surface area contributed by atoms with Gasteiger partial charge in [0, 0.05) is 24.0 Å². The molecule has 4 aromatic rings. The molecule has 0 aliphatic rings. The zero-order valence-electron chi connectivity index (χ0n) is 15.0. The molecule has 0 aliphatic heterocycles. The Morgan fingerprint density at radius 3 is 2.00 bits per heavy atom. The second-order valence-electron chi connectivity index (χ2n) is 5.79. The minimum atomic E-state index is -0.413. The van der Waals surface area contributed by atoms with E-state index in [0.717, 1.165) is 16.8 Å². The van der Waals surface area contributed by atoms with Gasteiger partial charge in [0.2, 0.25) is 0 Å². The zero-order valence-corrected chi connectivity index (χ0v) is 16.1. The fourth-order valence-corrected chi connectivity index (χ4v) is 2.46. The first-order chi connectivity index (χ1) is 13.2. The van der Waals surface area contributed by atoms with Crippen molar-refractivity contribution in [3.05, 3.63) is 119 Å². The van der Waals surface area contributed by atoms with Gasteiger partial charge in [-0.05, 0) is 17.7 Å². The maximum Gasteiger partial charge on any atom is 2.00 e. The molecule has 0 atom stereocenters. The standard InChI is InChI=1S/C18H13N2O2.C5H5.Fe/c21-20(22)18-11-5-14(6-12-18)13-19-17-9-7-16(8-10-17)15-3-1-2-4-15;1-2-4-5-3-1;/h1-13H;1-5H;/q2*-1;+2. The Morgan fingerprint density at radius 1 is 0.893 bits per heavy atom. The summed E-state index contributed by atoms with van der Waals surface area (Å²) in [5.41, 5.74) is 4.08. The number of hydrogen-bond acceptors (Lipinski definition) is 3. The Hall–Kier alpha value is -3.27. The van der Waals surface area contributed by atoms with Crippen LogP contribution in [-0.2, 0) is 17.1 Å². The van der Waals surface area contributed by atoms with Gasteiger partial charge in [0.15, 0.2) is 0 Å². The summed E-state index contributed by atoms with van der Waals surface area (Å²) < 4.78 is 0. The Morgan fingerprint density at radius 2 is 1.50 bits per heavy atom. The molecule has 0 heterocycles. The Labute approximate surface area is 174 Å². The molecular formula is C23H18FeN2O2. The number of nitro benzene ring substituents is 1. The molecule has 4 rings (SSSR count). The van der Waals surface area contributed by atoms with Crippen LogP contribution in [0.1, 0.15) is 5.56 Å². The van der Waals surface area contributed by atoms with Crippen molar-refractivity contribution in [2.45, 2.75) is 0 Å². The Balaban J connectivity index is 0.000000408. The van der Waals surface area contributed by atoms with Crippen LogP contribution in [-0.4, -0.2) is 11.1 Å². The van der Waals surface area contributed by atoms with Gasteiger partial charge < -0.3 is 0 Å². The van der Waals surface area contributed by atoms with Crippen molar-refractivity contribution in [2.24, 2.45) is 4.99 Å². The maximum absolute atomic E-state index is 10.6. The molecule has 5 heteroatoms. The normalized spacial score (nSPS) is 10.0. The first-order valence-corrected chi connectivity index (χ1v) is 8.50. The quantitative estimate of drug-likeness (QED) is 0.134. The van der Waals surface area contributed by atoms with Gasteiger partial charge >= 0.3 is 17.1 Å². The fraction of sp³-hybridized carbons (Fsp3) is 0. The number of aliphatic imine (C=N–C) groups is 1. The second-order valence-corrected chi connectivity index (χ2v) is 5.79. The van der Waals surface area contributed by atoms with E-state index < -0.39 is 4.92 Å². The van der Waals surface area contributed by atoms with E-state index in [1.807, 2.05) is 66.7 Å². The largest absolute Gasteiger partial charge is 2.00 e. The van der Waals surface area contributed by atoms with Gasteiger partial charge in [-0.2, -0.15) is 30.3 Å². The molecule has 28 heavy (non-hydrogen) atoms. The van der Waals surface area contributed by atoms with E-state index in [-0.39, 0.29) is 22.8 Å². The molecule has 0 amide bonds.